The predicted octanol–water partition coefficient (Wildman–Crippen LogP) is 2.25. The zero-order valence-corrected chi connectivity index (χ0v) is 15.0. The maximum atomic E-state index is 12.6. The zero-order valence-electron chi connectivity index (χ0n) is 13.4. The average molecular weight is 379 g/mol. The van der Waals surface area contributed by atoms with Crippen LogP contribution in [0.3, 0.4) is 0 Å². The Morgan fingerprint density at radius 3 is 3.00 bits per heavy atom. The van der Waals surface area contributed by atoms with E-state index in [1.807, 2.05) is 6.20 Å². The first-order chi connectivity index (χ1) is 10.8. The van der Waals surface area contributed by atoms with Gasteiger partial charge >= 0.3 is 4.74 Å². The van der Waals surface area contributed by atoms with Gasteiger partial charge in [0, 0.05) is 39.8 Å². The number of amides is 1. The first-order valence-electron chi connectivity index (χ1n) is 8.02. The number of fused-ring (bicyclic) bond motifs is 2. The van der Waals surface area contributed by atoms with Crippen LogP contribution in [0.2, 0.25) is 0 Å². The number of aliphatic imine (C=N–C) groups is 2. The molecular formula is C16H21BrN5O+. The molecule has 0 radical (unpaired) electrons. The van der Waals surface area contributed by atoms with Crippen molar-refractivity contribution >= 4 is 32.8 Å². The van der Waals surface area contributed by atoms with E-state index in [2.05, 4.69) is 44.7 Å². The highest BCUT2D eigenvalue weighted by Crippen LogP contribution is 2.44. The summed E-state index contributed by atoms with van der Waals surface area (Å²) in [4.78, 5) is 23.6. The summed E-state index contributed by atoms with van der Waals surface area (Å²) in [6.45, 7) is 4.83. The molecule has 0 saturated carbocycles. The summed E-state index contributed by atoms with van der Waals surface area (Å²) in [5.41, 5.74) is 1.62. The highest BCUT2D eigenvalue weighted by atomic mass is 79.9. The lowest BCUT2D eigenvalue weighted by atomic mass is 9.86. The molecule has 0 aliphatic carbocycles. The normalized spacial score (nSPS) is 38.0. The lowest BCUT2D eigenvalue weighted by Gasteiger charge is -2.35. The monoisotopic (exact) mass is 378 g/mol. The molecule has 0 aromatic rings. The Bertz CT molecular complexity index is 707. The summed E-state index contributed by atoms with van der Waals surface area (Å²) in [6, 6.07) is 0.380. The number of amidine groups is 1. The van der Waals surface area contributed by atoms with Gasteiger partial charge in [0.2, 0.25) is 11.6 Å². The molecule has 6 nitrogen and oxygen atoms in total. The number of nitrogens with two attached hydrogens (primary N) is 1. The summed E-state index contributed by atoms with van der Waals surface area (Å²) >= 11 is 3.49. The number of carbonyl (C=O) groups is 1. The smallest absolute Gasteiger partial charge is 0.301 e. The molecule has 2 fully saturated rings. The van der Waals surface area contributed by atoms with Gasteiger partial charge in [-0.1, -0.05) is 13.8 Å². The Kier molecular flexibility index (Phi) is 3.21. The molecule has 4 aliphatic heterocycles. The summed E-state index contributed by atoms with van der Waals surface area (Å²) in [5.74, 6) is 6.91. The minimum absolute atomic E-state index is 0.0399. The summed E-state index contributed by atoms with van der Waals surface area (Å²) in [6.07, 6.45) is 8.30. The minimum Gasteiger partial charge on any atom is -0.339 e. The molecule has 2 N–H and O–H groups in total. The Balaban J connectivity index is 1.66. The van der Waals surface area contributed by atoms with E-state index in [0.29, 0.717) is 10.8 Å². The van der Waals surface area contributed by atoms with Gasteiger partial charge in [0.05, 0.1) is 12.4 Å². The van der Waals surface area contributed by atoms with Gasteiger partial charge in [-0.25, -0.2) is 0 Å². The number of piperidine rings is 1. The number of hydrogen-bond acceptors (Lipinski definition) is 4. The number of rotatable bonds is 1. The van der Waals surface area contributed by atoms with Crippen LogP contribution in [0.5, 0.6) is 0 Å². The third-order valence-corrected chi connectivity index (χ3v) is 6.21. The second-order valence-electron chi connectivity index (χ2n) is 7.48. The second-order valence-corrected chi connectivity index (χ2v) is 8.19. The molecule has 0 bridgehead atoms. The highest BCUT2D eigenvalue weighted by molar-refractivity contribution is 9.18. The fourth-order valence-corrected chi connectivity index (χ4v) is 4.67. The van der Waals surface area contributed by atoms with Gasteiger partial charge in [-0.15, -0.1) is 4.59 Å². The first-order valence-corrected chi connectivity index (χ1v) is 8.81. The predicted molar refractivity (Wildman–Crippen MR) is 92.1 cm³/mol. The molecular weight excluding hydrogens is 358 g/mol. The van der Waals surface area contributed by atoms with Crippen molar-refractivity contribution in [3.63, 3.8) is 0 Å². The maximum Gasteiger partial charge on any atom is 0.301 e. The largest absolute Gasteiger partial charge is 0.339 e. The summed E-state index contributed by atoms with van der Waals surface area (Å²) in [5, 5.41) is 0. The van der Waals surface area contributed by atoms with Gasteiger partial charge in [-0.05, 0) is 19.3 Å². The number of nitrogens with zero attached hydrogens (tertiary/aromatic N) is 4. The Morgan fingerprint density at radius 2 is 2.22 bits per heavy atom. The summed E-state index contributed by atoms with van der Waals surface area (Å²) < 4.78 is 0.707. The Morgan fingerprint density at radius 1 is 1.43 bits per heavy atom. The van der Waals surface area contributed by atoms with Crippen LogP contribution >= 0.6 is 15.9 Å². The molecule has 0 aromatic carbocycles. The van der Waals surface area contributed by atoms with Crippen LogP contribution in [0, 0.1) is 11.3 Å². The van der Waals surface area contributed by atoms with Crippen molar-refractivity contribution < 1.29 is 9.39 Å². The third-order valence-electron chi connectivity index (χ3n) is 5.44. The number of allylic oxidation sites excluding steroid dienone is 1. The van der Waals surface area contributed by atoms with Crippen molar-refractivity contribution in [3.8, 4) is 0 Å². The van der Waals surface area contributed by atoms with Crippen molar-refractivity contribution in [1.82, 2.24) is 4.90 Å². The molecule has 3 atom stereocenters. The Hall–Kier alpha value is -1.31. The SMILES string of the molecule is CC1(C)CC2CCC(C3=C4C=NC=C[N+]4(N)C(Br)=N3)CN2C1=O. The van der Waals surface area contributed by atoms with E-state index in [9.17, 15) is 4.79 Å². The fraction of sp³-hybridized carbons (Fsp3) is 0.562. The topological polar surface area (TPSA) is 71.0 Å². The van der Waals surface area contributed by atoms with Crippen molar-refractivity contribution in [3.05, 3.63) is 23.8 Å². The van der Waals surface area contributed by atoms with Crippen molar-refractivity contribution in [1.29, 1.82) is 0 Å². The Labute approximate surface area is 144 Å². The molecule has 7 heteroatoms. The first kappa shape index (κ1) is 15.2. The standard InChI is InChI=1S/C16H21BrN5O/c1-16(2)7-11-4-3-10(9-21(11)14(16)23)13-12-8-19-5-6-22(12,18)15(17)20-13/h5-6,8,10-11H,3-4,7,9,18H2,1-2H3/q+1. The molecule has 4 aliphatic rings. The molecule has 2 saturated heterocycles. The molecule has 0 spiro atoms. The molecule has 4 heterocycles. The van der Waals surface area contributed by atoms with E-state index >= 15 is 0 Å². The molecule has 23 heavy (non-hydrogen) atoms. The van der Waals surface area contributed by atoms with Crippen molar-refractivity contribution in [2.75, 3.05) is 6.54 Å². The number of halogens is 1. The molecule has 0 aromatic heterocycles. The van der Waals surface area contributed by atoms with E-state index in [1.54, 1.807) is 12.4 Å². The quantitative estimate of drug-likeness (QED) is 0.431. The third kappa shape index (κ3) is 2.10. The van der Waals surface area contributed by atoms with Crippen LogP contribution in [0.15, 0.2) is 33.8 Å². The van der Waals surface area contributed by atoms with Gasteiger partial charge in [0.15, 0.2) is 0 Å². The lowest BCUT2D eigenvalue weighted by Crippen LogP contribution is -2.50. The van der Waals surface area contributed by atoms with Crippen molar-refractivity contribution in [2.45, 2.75) is 39.2 Å². The van der Waals surface area contributed by atoms with Crippen molar-refractivity contribution in [2.24, 2.45) is 27.2 Å². The fourth-order valence-electron chi connectivity index (χ4n) is 4.17. The van der Waals surface area contributed by atoms with Crippen LogP contribution in [-0.2, 0) is 4.79 Å². The zero-order chi connectivity index (χ0) is 16.4. The maximum absolute atomic E-state index is 12.6. The number of carbonyl (C=O) groups excluding carboxylic acids is 1. The van der Waals surface area contributed by atoms with Gasteiger partial charge in [-0.3, -0.25) is 9.79 Å². The van der Waals surface area contributed by atoms with Crippen LogP contribution < -0.4 is 5.84 Å². The van der Waals surface area contributed by atoms with Gasteiger partial charge in [0.1, 0.15) is 11.9 Å². The molecule has 122 valence electrons. The number of hydrogen-bond donors (Lipinski definition) is 1. The average Bonchev–Trinajstić information content (AvgIpc) is 2.91. The molecule has 3 unspecified atom stereocenters. The van der Waals surface area contributed by atoms with E-state index in [1.165, 1.54) is 0 Å². The van der Waals surface area contributed by atoms with Crippen LogP contribution in [0.4, 0.5) is 0 Å². The molecule has 1 amide bonds. The van der Waals surface area contributed by atoms with E-state index < -0.39 is 0 Å². The number of quaternary nitrogens is 1. The van der Waals surface area contributed by atoms with Gasteiger partial charge < -0.3 is 4.90 Å². The van der Waals surface area contributed by atoms with E-state index in [-0.39, 0.29) is 21.8 Å². The minimum atomic E-state index is -0.236. The highest BCUT2D eigenvalue weighted by Gasteiger charge is 2.50. The van der Waals surface area contributed by atoms with Crippen LogP contribution in [0.25, 0.3) is 0 Å². The van der Waals surface area contributed by atoms with Gasteiger partial charge in [0.25, 0.3) is 0 Å². The second kappa shape index (κ2) is 4.84. The summed E-state index contributed by atoms with van der Waals surface area (Å²) in [7, 11) is 0. The van der Waals surface area contributed by atoms with E-state index in [0.717, 1.165) is 37.2 Å². The molecule has 4 rings (SSSR count). The lowest BCUT2D eigenvalue weighted by molar-refractivity contribution is -0.746. The van der Waals surface area contributed by atoms with E-state index in [4.69, 9.17) is 5.84 Å². The van der Waals surface area contributed by atoms with Crippen LogP contribution in [-0.4, -0.2) is 38.9 Å². The van der Waals surface area contributed by atoms with Crippen LogP contribution in [0.1, 0.15) is 33.1 Å². The van der Waals surface area contributed by atoms with Gasteiger partial charge in [-0.2, -0.15) is 10.8 Å².